The summed E-state index contributed by atoms with van der Waals surface area (Å²) in [5.74, 6) is -0.454. The van der Waals surface area contributed by atoms with Crippen molar-refractivity contribution in [3.63, 3.8) is 0 Å². The molecule has 4 atom stereocenters. The molecule has 98 valence electrons. The standard InChI is InChI=1S/C13H22O4/c1-4-10(15-3)11(14)12-9(2)16-13(17-12)7-5-6-8-13/h4,9-12,14H,1,5-8H2,2-3H3/t9-,10+,11-,12+/m1/s1. The summed E-state index contributed by atoms with van der Waals surface area (Å²) in [5.41, 5.74) is 0. The normalized spacial score (nSPS) is 35.0. The minimum atomic E-state index is -0.729. The molecule has 1 saturated carbocycles. The van der Waals surface area contributed by atoms with Crippen molar-refractivity contribution in [3.05, 3.63) is 12.7 Å². The second-order valence-corrected chi connectivity index (χ2v) is 4.95. The van der Waals surface area contributed by atoms with Crippen LogP contribution in [0.4, 0.5) is 0 Å². The number of rotatable bonds is 4. The van der Waals surface area contributed by atoms with Crippen molar-refractivity contribution in [2.75, 3.05) is 7.11 Å². The van der Waals surface area contributed by atoms with Gasteiger partial charge in [0.15, 0.2) is 5.79 Å². The molecule has 0 aromatic carbocycles. The van der Waals surface area contributed by atoms with E-state index in [4.69, 9.17) is 14.2 Å². The van der Waals surface area contributed by atoms with E-state index in [2.05, 4.69) is 6.58 Å². The topological polar surface area (TPSA) is 47.9 Å². The van der Waals surface area contributed by atoms with Gasteiger partial charge in [0.1, 0.15) is 18.3 Å². The Morgan fingerprint density at radius 2 is 2.06 bits per heavy atom. The highest BCUT2D eigenvalue weighted by molar-refractivity contribution is 4.97. The Hall–Kier alpha value is -0.420. The van der Waals surface area contributed by atoms with Crippen molar-refractivity contribution in [1.29, 1.82) is 0 Å². The lowest BCUT2D eigenvalue weighted by atomic mass is 10.0. The molecule has 0 bridgehead atoms. The quantitative estimate of drug-likeness (QED) is 0.761. The van der Waals surface area contributed by atoms with Crippen LogP contribution in [0.3, 0.4) is 0 Å². The van der Waals surface area contributed by atoms with Crippen molar-refractivity contribution in [3.8, 4) is 0 Å². The first-order valence-corrected chi connectivity index (χ1v) is 6.31. The van der Waals surface area contributed by atoms with Crippen LogP contribution >= 0.6 is 0 Å². The molecule has 1 aliphatic carbocycles. The van der Waals surface area contributed by atoms with E-state index in [9.17, 15) is 5.11 Å². The summed E-state index contributed by atoms with van der Waals surface area (Å²) in [6.45, 7) is 5.60. The lowest BCUT2D eigenvalue weighted by Crippen LogP contribution is -2.42. The van der Waals surface area contributed by atoms with Gasteiger partial charge in [0.2, 0.25) is 0 Å². The van der Waals surface area contributed by atoms with Crippen LogP contribution in [0.1, 0.15) is 32.6 Å². The average Bonchev–Trinajstić information content (AvgIpc) is 2.88. The van der Waals surface area contributed by atoms with Gasteiger partial charge in [-0.1, -0.05) is 6.08 Å². The summed E-state index contributed by atoms with van der Waals surface area (Å²) in [7, 11) is 1.56. The maximum atomic E-state index is 10.2. The van der Waals surface area contributed by atoms with Crippen LogP contribution in [0.2, 0.25) is 0 Å². The molecule has 0 aromatic heterocycles. The first kappa shape index (κ1) is 13.0. The summed E-state index contributed by atoms with van der Waals surface area (Å²) in [6.07, 6.45) is 4.11. The predicted octanol–water partition coefficient (Wildman–Crippen LogP) is 1.62. The third-order valence-corrected chi connectivity index (χ3v) is 3.76. The molecule has 4 heteroatoms. The molecule has 1 heterocycles. The molecule has 17 heavy (non-hydrogen) atoms. The van der Waals surface area contributed by atoms with E-state index in [1.165, 1.54) is 0 Å². The number of methoxy groups -OCH3 is 1. The Bertz CT molecular complexity index is 273. The van der Waals surface area contributed by atoms with Gasteiger partial charge in [0, 0.05) is 20.0 Å². The summed E-state index contributed by atoms with van der Waals surface area (Å²) >= 11 is 0. The maximum absolute atomic E-state index is 10.2. The van der Waals surface area contributed by atoms with E-state index in [-0.39, 0.29) is 12.2 Å². The summed E-state index contributed by atoms with van der Waals surface area (Å²) in [5, 5.41) is 10.2. The third-order valence-electron chi connectivity index (χ3n) is 3.76. The van der Waals surface area contributed by atoms with E-state index in [1.54, 1.807) is 13.2 Å². The molecule has 2 aliphatic rings. The molecule has 0 radical (unpaired) electrons. The van der Waals surface area contributed by atoms with Crippen LogP contribution in [0, 0.1) is 0 Å². The van der Waals surface area contributed by atoms with E-state index in [0.29, 0.717) is 0 Å². The molecule has 0 aromatic rings. The van der Waals surface area contributed by atoms with Gasteiger partial charge in [-0.3, -0.25) is 0 Å². The fourth-order valence-electron chi connectivity index (χ4n) is 2.84. The van der Waals surface area contributed by atoms with Crippen molar-refractivity contribution < 1.29 is 19.3 Å². The van der Waals surface area contributed by atoms with Crippen LogP contribution < -0.4 is 0 Å². The highest BCUT2D eigenvalue weighted by Crippen LogP contribution is 2.42. The van der Waals surface area contributed by atoms with E-state index < -0.39 is 18.0 Å². The Balaban J connectivity index is 2.04. The molecule has 0 amide bonds. The van der Waals surface area contributed by atoms with Gasteiger partial charge in [-0.2, -0.15) is 0 Å². The van der Waals surface area contributed by atoms with Gasteiger partial charge in [0.25, 0.3) is 0 Å². The largest absolute Gasteiger partial charge is 0.387 e. The maximum Gasteiger partial charge on any atom is 0.169 e. The summed E-state index contributed by atoms with van der Waals surface area (Å²) in [4.78, 5) is 0. The third kappa shape index (κ3) is 2.40. The van der Waals surface area contributed by atoms with Crippen LogP contribution in [-0.2, 0) is 14.2 Å². The van der Waals surface area contributed by atoms with Gasteiger partial charge in [-0.15, -0.1) is 6.58 Å². The van der Waals surface area contributed by atoms with Crippen molar-refractivity contribution >= 4 is 0 Å². The molecule has 1 N–H and O–H groups in total. The van der Waals surface area contributed by atoms with E-state index in [1.807, 2.05) is 6.92 Å². The number of hydrogen-bond acceptors (Lipinski definition) is 4. The summed E-state index contributed by atoms with van der Waals surface area (Å²) < 4.78 is 17.0. The van der Waals surface area contributed by atoms with Crippen molar-refractivity contribution in [2.45, 2.75) is 62.8 Å². The van der Waals surface area contributed by atoms with Crippen molar-refractivity contribution in [1.82, 2.24) is 0 Å². The molecule has 0 unspecified atom stereocenters. The highest BCUT2D eigenvalue weighted by atomic mass is 16.8. The monoisotopic (exact) mass is 242 g/mol. The predicted molar refractivity (Wildman–Crippen MR) is 63.6 cm³/mol. The second-order valence-electron chi connectivity index (χ2n) is 4.95. The Kier molecular flexibility index (Phi) is 3.88. The van der Waals surface area contributed by atoms with Crippen molar-refractivity contribution in [2.24, 2.45) is 0 Å². The lowest BCUT2D eigenvalue weighted by molar-refractivity contribution is -0.181. The zero-order valence-corrected chi connectivity index (χ0v) is 10.6. The summed E-state index contributed by atoms with van der Waals surface area (Å²) in [6, 6.07) is 0. The number of ether oxygens (including phenoxy) is 3. The SMILES string of the molecule is C=C[C@H](OC)[C@@H](O)[C@H]1OC2(CCCC2)O[C@@H]1C. The van der Waals surface area contributed by atoms with Gasteiger partial charge in [-0.05, 0) is 19.8 Å². The average molecular weight is 242 g/mol. The molecule has 2 fully saturated rings. The molecular formula is C13H22O4. The first-order valence-electron chi connectivity index (χ1n) is 6.31. The second kappa shape index (κ2) is 5.06. The molecular weight excluding hydrogens is 220 g/mol. The van der Waals surface area contributed by atoms with Gasteiger partial charge in [-0.25, -0.2) is 0 Å². The minimum Gasteiger partial charge on any atom is -0.387 e. The van der Waals surface area contributed by atoms with E-state index in [0.717, 1.165) is 25.7 Å². The fraction of sp³-hybridized carbons (Fsp3) is 0.846. The van der Waals surface area contributed by atoms with Crippen LogP contribution in [-0.4, -0.2) is 42.4 Å². The number of aliphatic hydroxyl groups excluding tert-OH is 1. The Morgan fingerprint density at radius 3 is 2.59 bits per heavy atom. The lowest BCUT2D eigenvalue weighted by Gasteiger charge is -2.26. The number of hydrogen-bond donors (Lipinski definition) is 1. The number of aliphatic hydroxyl groups is 1. The molecule has 1 saturated heterocycles. The van der Waals surface area contributed by atoms with E-state index >= 15 is 0 Å². The molecule has 1 aliphatic heterocycles. The van der Waals surface area contributed by atoms with Crippen LogP contribution in [0.15, 0.2) is 12.7 Å². The smallest absolute Gasteiger partial charge is 0.169 e. The zero-order chi connectivity index (χ0) is 12.5. The molecule has 1 spiro atoms. The zero-order valence-electron chi connectivity index (χ0n) is 10.6. The van der Waals surface area contributed by atoms with Gasteiger partial charge in [0.05, 0.1) is 6.10 Å². The molecule has 4 nitrogen and oxygen atoms in total. The Labute approximate surface area is 103 Å². The van der Waals surface area contributed by atoms with Crippen LogP contribution in [0.5, 0.6) is 0 Å². The van der Waals surface area contributed by atoms with Gasteiger partial charge < -0.3 is 19.3 Å². The minimum absolute atomic E-state index is 0.110. The first-order chi connectivity index (χ1) is 8.12. The van der Waals surface area contributed by atoms with Gasteiger partial charge >= 0.3 is 0 Å². The molecule has 2 rings (SSSR count). The Morgan fingerprint density at radius 1 is 1.41 bits per heavy atom. The highest BCUT2D eigenvalue weighted by Gasteiger charge is 2.50. The van der Waals surface area contributed by atoms with Crippen LogP contribution in [0.25, 0.3) is 0 Å². The fourth-order valence-corrected chi connectivity index (χ4v) is 2.84.